The summed E-state index contributed by atoms with van der Waals surface area (Å²) in [5.41, 5.74) is 1.72. The van der Waals surface area contributed by atoms with Gasteiger partial charge < -0.3 is 8.75 Å². The molecule has 4 nitrogen and oxygen atoms in total. The summed E-state index contributed by atoms with van der Waals surface area (Å²) in [5, 5.41) is 1.48. The van der Waals surface area contributed by atoms with Crippen LogP contribution in [0.2, 0.25) is 15.1 Å². The molecule has 9 heteroatoms. The lowest BCUT2D eigenvalue weighted by atomic mass is 10.1. The van der Waals surface area contributed by atoms with Crippen molar-refractivity contribution in [3.63, 3.8) is 0 Å². The minimum Gasteiger partial charge on any atom is -0.336 e. The van der Waals surface area contributed by atoms with Crippen LogP contribution in [0.1, 0.15) is 16.4 Å². The average molecular weight is 474 g/mol. The summed E-state index contributed by atoms with van der Waals surface area (Å²) in [6.45, 7) is 0.817. The summed E-state index contributed by atoms with van der Waals surface area (Å²) in [6, 6.07) is 12.6. The van der Waals surface area contributed by atoms with Crippen molar-refractivity contribution in [2.24, 2.45) is 0 Å². The Morgan fingerprint density at radius 2 is 1.96 bits per heavy atom. The summed E-state index contributed by atoms with van der Waals surface area (Å²) < 4.78 is 7.20. The van der Waals surface area contributed by atoms with Crippen LogP contribution in [0, 0.1) is 0 Å². The molecular weight excluding hydrogens is 459 g/mol. The molecule has 3 aromatic rings. The number of carbonyl (C=O) groups is 1. The van der Waals surface area contributed by atoms with Gasteiger partial charge >= 0.3 is 0 Å². The van der Waals surface area contributed by atoms with Gasteiger partial charge in [-0.3, -0.25) is 4.79 Å². The molecule has 1 heterocycles. The lowest BCUT2D eigenvalue weighted by molar-refractivity contribution is 0.273. The Labute approximate surface area is 186 Å². The van der Waals surface area contributed by atoms with Gasteiger partial charge in [0.15, 0.2) is 0 Å². The Kier molecular flexibility index (Phi) is 8.14. The van der Waals surface area contributed by atoms with Gasteiger partial charge in [-0.2, -0.15) is 0 Å². The van der Waals surface area contributed by atoms with Crippen LogP contribution in [-0.2, 0) is 17.3 Å². The van der Waals surface area contributed by atoms with Crippen molar-refractivity contribution in [2.45, 2.75) is 18.4 Å². The van der Waals surface area contributed by atoms with E-state index in [0.717, 1.165) is 34.9 Å². The van der Waals surface area contributed by atoms with Crippen molar-refractivity contribution < 1.29 is 8.98 Å². The Morgan fingerprint density at radius 1 is 1.14 bits per heavy atom. The van der Waals surface area contributed by atoms with Gasteiger partial charge in [0.2, 0.25) is 0 Å². The van der Waals surface area contributed by atoms with E-state index >= 15 is 0 Å². The predicted molar refractivity (Wildman–Crippen MR) is 118 cm³/mol. The second-order valence-corrected chi connectivity index (χ2v) is 9.24. The molecule has 0 saturated heterocycles. The van der Waals surface area contributed by atoms with Gasteiger partial charge in [0, 0.05) is 34.0 Å². The number of imidazole rings is 1. The molecule has 0 bridgehead atoms. The van der Waals surface area contributed by atoms with Crippen molar-refractivity contribution in [3.05, 3.63) is 87.4 Å². The summed E-state index contributed by atoms with van der Waals surface area (Å²) in [5.74, 6) is 0. The van der Waals surface area contributed by atoms with Crippen LogP contribution in [0.4, 0.5) is 4.79 Å². The fraction of sp³-hybridized carbons (Fsp3) is 0.158. The van der Waals surface area contributed by atoms with Gasteiger partial charge in [-0.25, -0.2) is 4.98 Å². The van der Waals surface area contributed by atoms with Crippen LogP contribution in [0.5, 0.6) is 0 Å². The maximum Gasteiger partial charge on any atom is 0.273 e. The standard InChI is InChI=1S/C19H15Cl3N2O2S2/c20-14-3-1-2-13(8-14)11-26-28-19(25)27-18(10-24-7-6-23-12-24)16-5-4-15(21)9-17(16)22/h1-9,12,18H,10-11H2. The number of nitrogens with zero attached hydrogens (tertiary/aromatic N) is 2. The summed E-state index contributed by atoms with van der Waals surface area (Å²) in [4.78, 5) is 16.5. The smallest absolute Gasteiger partial charge is 0.273 e. The lowest BCUT2D eigenvalue weighted by Gasteiger charge is -2.18. The Bertz CT molecular complexity index is 939. The molecule has 0 saturated carbocycles. The number of thioether (sulfide) groups is 1. The van der Waals surface area contributed by atoms with Crippen LogP contribution in [0.15, 0.2) is 61.2 Å². The van der Waals surface area contributed by atoms with Gasteiger partial charge in [0.05, 0.1) is 30.2 Å². The predicted octanol–water partition coefficient (Wildman–Crippen LogP) is 7.30. The largest absolute Gasteiger partial charge is 0.336 e. The van der Waals surface area contributed by atoms with Crippen LogP contribution in [-0.4, -0.2) is 14.0 Å². The third kappa shape index (κ3) is 6.44. The molecule has 1 unspecified atom stereocenters. The van der Waals surface area contributed by atoms with Crippen molar-refractivity contribution in [1.82, 2.24) is 9.55 Å². The normalized spacial score (nSPS) is 12.1. The summed E-state index contributed by atoms with van der Waals surface area (Å²) in [7, 11) is 0. The van der Waals surface area contributed by atoms with E-state index in [4.69, 9.17) is 39.0 Å². The van der Waals surface area contributed by atoms with Crippen molar-refractivity contribution in [1.29, 1.82) is 0 Å². The zero-order valence-corrected chi connectivity index (χ0v) is 18.3. The van der Waals surface area contributed by atoms with Gasteiger partial charge in [-0.1, -0.05) is 64.8 Å². The molecule has 0 N–H and O–H groups in total. The number of hydrogen-bond donors (Lipinski definition) is 0. The third-order valence-electron chi connectivity index (χ3n) is 3.73. The van der Waals surface area contributed by atoms with E-state index in [1.54, 1.807) is 36.8 Å². The van der Waals surface area contributed by atoms with Gasteiger partial charge in [-0.05, 0) is 35.4 Å². The Balaban J connectivity index is 1.63. The fourth-order valence-corrected chi connectivity index (χ4v) is 5.03. The first kappa shape index (κ1) is 21.6. The second-order valence-electron chi connectivity index (χ2n) is 5.76. The first-order valence-corrected chi connectivity index (χ1v) is 10.9. The van der Waals surface area contributed by atoms with E-state index < -0.39 is 0 Å². The molecule has 0 aliphatic rings. The highest BCUT2D eigenvalue weighted by atomic mass is 35.5. The molecule has 3 rings (SSSR count). The third-order valence-corrected chi connectivity index (χ3v) is 6.27. The molecule has 1 aromatic heterocycles. The van der Waals surface area contributed by atoms with E-state index in [-0.39, 0.29) is 16.3 Å². The number of aromatic nitrogens is 2. The number of carbonyl (C=O) groups excluding carboxylic acids is 1. The number of halogens is 3. The van der Waals surface area contributed by atoms with Crippen LogP contribution >= 0.6 is 58.6 Å². The molecular formula is C19H15Cl3N2O2S2. The summed E-state index contributed by atoms with van der Waals surface area (Å²) >= 11 is 20.3. The van der Waals surface area contributed by atoms with E-state index in [1.165, 1.54) is 0 Å². The van der Waals surface area contributed by atoms with E-state index in [0.29, 0.717) is 21.6 Å². The van der Waals surface area contributed by atoms with Crippen LogP contribution in [0.25, 0.3) is 0 Å². The minimum atomic E-state index is -0.214. The van der Waals surface area contributed by atoms with Gasteiger partial charge in [0.1, 0.15) is 0 Å². The van der Waals surface area contributed by atoms with Crippen LogP contribution in [0.3, 0.4) is 0 Å². The first-order valence-electron chi connectivity index (χ1n) is 8.16. The van der Waals surface area contributed by atoms with E-state index in [9.17, 15) is 4.79 Å². The zero-order chi connectivity index (χ0) is 19.9. The second kappa shape index (κ2) is 10.6. The van der Waals surface area contributed by atoms with E-state index in [1.807, 2.05) is 29.0 Å². The highest BCUT2D eigenvalue weighted by Crippen LogP contribution is 2.39. The van der Waals surface area contributed by atoms with Crippen molar-refractivity contribution in [3.8, 4) is 0 Å². The minimum absolute atomic E-state index is 0.168. The Morgan fingerprint density at radius 3 is 2.68 bits per heavy atom. The molecule has 0 radical (unpaired) electrons. The van der Waals surface area contributed by atoms with Crippen LogP contribution < -0.4 is 0 Å². The highest BCUT2D eigenvalue weighted by molar-refractivity contribution is 8.36. The highest BCUT2D eigenvalue weighted by Gasteiger charge is 2.21. The average Bonchev–Trinajstić information content (AvgIpc) is 3.14. The topological polar surface area (TPSA) is 44.1 Å². The molecule has 28 heavy (non-hydrogen) atoms. The van der Waals surface area contributed by atoms with E-state index in [2.05, 4.69) is 4.98 Å². The Hall–Kier alpha value is -1.15. The molecule has 0 amide bonds. The quantitative estimate of drug-likeness (QED) is 0.337. The SMILES string of the molecule is O=C(SOCc1cccc(Cl)c1)SC(Cn1ccnc1)c1ccc(Cl)cc1Cl. The summed E-state index contributed by atoms with van der Waals surface area (Å²) in [6.07, 6.45) is 5.23. The number of benzene rings is 2. The number of hydrogen-bond acceptors (Lipinski definition) is 5. The fourth-order valence-electron chi connectivity index (χ4n) is 2.46. The first-order chi connectivity index (χ1) is 13.5. The zero-order valence-electron chi connectivity index (χ0n) is 14.4. The molecule has 0 aliphatic carbocycles. The van der Waals surface area contributed by atoms with Gasteiger partial charge in [-0.15, -0.1) is 0 Å². The maximum atomic E-state index is 12.5. The molecule has 0 spiro atoms. The maximum absolute atomic E-state index is 12.5. The lowest BCUT2D eigenvalue weighted by Crippen LogP contribution is -2.07. The van der Waals surface area contributed by atoms with Crippen molar-refractivity contribution >= 4 is 63.1 Å². The number of rotatable bonds is 7. The molecule has 0 aliphatic heterocycles. The van der Waals surface area contributed by atoms with Crippen molar-refractivity contribution in [2.75, 3.05) is 0 Å². The van der Waals surface area contributed by atoms with Gasteiger partial charge in [0.25, 0.3) is 4.45 Å². The molecule has 146 valence electrons. The molecule has 0 fully saturated rings. The molecule has 1 atom stereocenters. The monoisotopic (exact) mass is 472 g/mol. The molecule has 2 aromatic carbocycles.